The number of fused-ring (bicyclic) bond motifs is 1. The second kappa shape index (κ2) is 2.86. The molecule has 2 saturated heterocycles. The van der Waals surface area contributed by atoms with Crippen LogP contribution in [-0.2, 0) is 9.47 Å². The first-order chi connectivity index (χ1) is 4.97. The van der Waals surface area contributed by atoms with Crippen molar-refractivity contribution in [3.05, 3.63) is 0 Å². The van der Waals surface area contributed by atoms with Gasteiger partial charge in [0.05, 0.1) is 19.3 Å². The van der Waals surface area contributed by atoms with Gasteiger partial charge in [-0.25, -0.2) is 0 Å². The van der Waals surface area contributed by atoms with Gasteiger partial charge in [0.2, 0.25) is 0 Å². The van der Waals surface area contributed by atoms with E-state index in [9.17, 15) is 0 Å². The monoisotopic (exact) mass is 143 g/mol. The van der Waals surface area contributed by atoms with Crippen molar-refractivity contribution in [2.75, 3.05) is 19.8 Å². The van der Waals surface area contributed by atoms with Gasteiger partial charge in [-0.1, -0.05) is 0 Å². The van der Waals surface area contributed by atoms with Gasteiger partial charge in [0.25, 0.3) is 0 Å². The van der Waals surface area contributed by atoms with Crippen molar-refractivity contribution in [3.63, 3.8) is 0 Å². The smallest absolute Gasteiger partial charge is 0.134 e. The fourth-order valence-corrected chi connectivity index (χ4v) is 1.54. The summed E-state index contributed by atoms with van der Waals surface area (Å²) >= 11 is 0. The molecule has 2 atom stereocenters. The molecule has 0 radical (unpaired) electrons. The summed E-state index contributed by atoms with van der Waals surface area (Å²) in [6.45, 7) is 2.58. The first-order valence-corrected chi connectivity index (χ1v) is 3.93. The first kappa shape index (κ1) is 6.58. The van der Waals surface area contributed by atoms with E-state index in [-0.39, 0.29) is 6.23 Å². The number of ether oxygens (including phenoxy) is 2. The SMILES string of the molecule is C1CNC2OCCOC2C1. The molecule has 2 aliphatic heterocycles. The molecule has 0 saturated carbocycles. The lowest BCUT2D eigenvalue weighted by molar-refractivity contribution is -0.162. The van der Waals surface area contributed by atoms with Crippen molar-refractivity contribution in [1.29, 1.82) is 0 Å². The molecule has 2 fully saturated rings. The van der Waals surface area contributed by atoms with Gasteiger partial charge in [0, 0.05) is 0 Å². The number of hydrogen-bond acceptors (Lipinski definition) is 3. The van der Waals surface area contributed by atoms with E-state index in [2.05, 4.69) is 5.32 Å². The minimum absolute atomic E-state index is 0.183. The highest BCUT2D eigenvalue weighted by Gasteiger charge is 2.28. The molecule has 2 heterocycles. The van der Waals surface area contributed by atoms with Crippen molar-refractivity contribution in [1.82, 2.24) is 5.32 Å². The Labute approximate surface area is 60.7 Å². The molecule has 3 heteroatoms. The maximum atomic E-state index is 5.49. The zero-order valence-corrected chi connectivity index (χ0v) is 6.01. The molecule has 0 aliphatic carbocycles. The standard InChI is InChI=1S/C7H13NO2/c1-2-6-7(8-3-1)10-5-4-9-6/h6-8H,1-5H2. The Bertz CT molecular complexity index is 92.2. The summed E-state index contributed by atoms with van der Waals surface area (Å²) < 4.78 is 10.9. The third-order valence-corrected chi connectivity index (χ3v) is 2.06. The van der Waals surface area contributed by atoms with E-state index in [0.29, 0.717) is 6.10 Å². The van der Waals surface area contributed by atoms with Crippen LogP contribution >= 0.6 is 0 Å². The number of nitrogens with one attached hydrogen (secondary N) is 1. The predicted octanol–water partition coefficient (Wildman–Crippen LogP) is 0.111. The largest absolute Gasteiger partial charge is 0.372 e. The molecule has 0 spiro atoms. The highest BCUT2D eigenvalue weighted by Crippen LogP contribution is 2.16. The van der Waals surface area contributed by atoms with Crippen molar-refractivity contribution in [3.8, 4) is 0 Å². The Balaban J connectivity index is 1.93. The summed E-state index contributed by atoms with van der Waals surface area (Å²) in [5.74, 6) is 0. The molecular weight excluding hydrogens is 130 g/mol. The van der Waals surface area contributed by atoms with E-state index in [1.54, 1.807) is 0 Å². The topological polar surface area (TPSA) is 30.5 Å². The maximum Gasteiger partial charge on any atom is 0.134 e. The highest BCUT2D eigenvalue weighted by atomic mass is 16.6. The predicted molar refractivity (Wildman–Crippen MR) is 36.7 cm³/mol. The molecule has 1 N–H and O–H groups in total. The van der Waals surface area contributed by atoms with Gasteiger partial charge in [-0.05, 0) is 19.4 Å². The van der Waals surface area contributed by atoms with Gasteiger partial charge in [-0.2, -0.15) is 0 Å². The highest BCUT2D eigenvalue weighted by molar-refractivity contribution is 4.77. The van der Waals surface area contributed by atoms with Crippen LogP contribution in [0.2, 0.25) is 0 Å². The summed E-state index contributed by atoms with van der Waals surface area (Å²) in [5, 5.41) is 3.27. The Kier molecular flexibility index (Phi) is 1.88. The molecule has 58 valence electrons. The van der Waals surface area contributed by atoms with Crippen molar-refractivity contribution >= 4 is 0 Å². The first-order valence-electron chi connectivity index (χ1n) is 3.93. The second-order valence-electron chi connectivity index (χ2n) is 2.80. The van der Waals surface area contributed by atoms with E-state index >= 15 is 0 Å². The van der Waals surface area contributed by atoms with E-state index in [1.165, 1.54) is 6.42 Å². The molecule has 10 heavy (non-hydrogen) atoms. The van der Waals surface area contributed by atoms with E-state index in [1.807, 2.05) is 0 Å². The molecular formula is C7H13NO2. The van der Waals surface area contributed by atoms with Crippen LogP contribution in [0.25, 0.3) is 0 Å². The maximum absolute atomic E-state index is 5.49. The quantitative estimate of drug-likeness (QED) is 0.522. The van der Waals surface area contributed by atoms with Crippen LogP contribution in [0.5, 0.6) is 0 Å². The number of rotatable bonds is 0. The van der Waals surface area contributed by atoms with Gasteiger partial charge in [0.15, 0.2) is 0 Å². The summed E-state index contributed by atoms with van der Waals surface area (Å²) in [7, 11) is 0. The van der Waals surface area contributed by atoms with E-state index in [4.69, 9.17) is 9.47 Å². The number of hydrogen-bond donors (Lipinski definition) is 1. The Morgan fingerprint density at radius 2 is 2.10 bits per heavy atom. The van der Waals surface area contributed by atoms with Crippen molar-refractivity contribution < 1.29 is 9.47 Å². The minimum Gasteiger partial charge on any atom is -0.372 e. The van der Waals surface area contributed by atoms with Crippen LogP contribution < -0.4 is 5.32 Å². The zero-order valence-electron chi connectivity index (χ0n) is 6.01. The molecule has 2 rings (SSSR count). The summed E-state index contributed by atoms with van der Waals surface area (Å²) in [5.41, 5.74) is 0. The van der Waals surface area contributed by atoms with Crippen molar-refractivity contribution in [2.24, 2.45) is 0 Å². The van der Waals surface area contributed by atoms with E-state index in [0.717, 1.165) is 26.2 Å². The average Bonchev–Trinajstić information content (AvgIpc) is 2.05. The van der Waals surface area contributed by atoms with Crippen molar-refractivity contribution in [2.45, 2.75) is 25.2 Å². The van der Waals surface area contributed by atoms with Gasteiger partial charge in [-0.3, -0.25) is 5.32 Å². The van der Waals surface area contributed by atoms with Crippen LogP contribution in [0.15, 0.2) is 0 Å². The van der Waals surface area contributed by atoms with Crippen LogP contribution in [0.1, 0.15) is 12.8 Å². The van der Waals surface area contributed by atoms with Crippen LogP contribution in [0, 0.1) is 0 Å². The Morgan fingerprint density at radius 3 is 3.00 bits per heavy atom. The van der Waals surface area contributed by atoms with Gasteiger partial charge < -0.3 is 9.47 Å². The summed E-state index contributed by atoms with van der Waals surface area (Å²) in [4.78, 5) is 0. The van der Waals surface area contributed by atoms with Gasteiger partial charge >= 0.3 is 0 Å². The van der Waals surface area contributed by atoms with Gasteiger partial charge in [-0.15, -0.1) is 0 Å². The zero-order chi connectivity index (χ0) is 6.81. The fourth-order valence-electron chi connectivity index (χ4n) is 1.54. The lowest BCUT2D eigenvalue weighted by Gasteiger charge is -2.35. The summed E-state index contributed by atoms with van der Waals surface area (Å²) in [6, 6.07) is 0. The number of piperidine rings is 1. The molecule has 2 unspecified atom stereocenters. The fraction of sp³-hybridized carbons (Fsp3) is 1.00. The molecule has 0 aromatic heterocycles. The molecule has 3 nitrogen and oxygen atoms in total. The van der Waals surface area contributed by atoms with Crippen LogP contribution in [0.4, 0.5) is 0 Å². The molecule has 0 bridgehead atoms. The van der Waals surface area contributed by atoms with Gasteiger partial charge in [0.1, 0.15) is 6.23 Å². The van der Waals surface area contributed by atoms with Crippen LogP contribution in [0.3, 0.4) is 0 Å². The normalized spacial score (nSPS) is 40.8. The molecule has 0 aromatic carbocycles. The average molecular weight is 143 g/mol. The summed E-state index contributed by atoms with van der Waals surface area (Å²) in [6.07, 6.45) is 2.87. The van der Waals surface area contributed by atoms with Crippen LogP contribution in [-0.4, -0.2) is 32.1 Å². The lowest BCUT2D eigenvalue weighted by atomic mass is 10.1. The molecule has 0 amide bonds. The Hall–Kier alpha value is -0.120. The third kappa shape index (κ3) is 1.17. The molecule has 2 aliphatic rings. The molecule has 0 aromatic rings. The third-order valence-electron chi connectivity index (χ3n) is 2.06. The second-order valence-corrected chi connectivity index (χ2v) is 2.80. The minimum atomic E-state index is 0.183. The Morgan fingerprint density at radius 1 is 1.20 bits per heavy atom. The lowest BCUT2D eigenvalue weighted by Crippen LogP contribution is -2.51. The van der Waals surface area contributed by atoms with E-state index < -0.39 is 0 Å².